The summed E-state index contributed by atoms with van der Waals surface area (Å²) in [7, 11) is 1.37. The van der Waals surface area contributed by atoms with Crippen molar-refractivity contribution in [3.8, 4) is 0 Å². The number of rotatable bonds is 5. The van der Waals surface area contributed by atoms with Gasteiger partial charge in [0.15, 0.2) is 5.82 Å². The van der Waals surface area contributed by atoms with E-state index in [1.165, 1.54) is 26.1 Å². The number of esters is 1. The molecule has 0 spiro atoms. The molecular formula is C21H25N7O2. The summed E-state index contributed by atoms with van der Waals surface area (Å²) in [6.45, 7) is 1.94. The Bertz CT molecular complexity index is 1080. The fourth-order valence-corrected chi connectivity index (χ4v) is 4.51. The SMILES string of the molecule is COC(=O)c1cnc2cc(Nc3cc(C)[nH]n3)nc(N[C@H]3C[C@H]4CC[C@@H](C3)N4)c2c1. The van der Waals surface area contributed by atoms with Crippen LogP contribution < -0.4 is 16.0 Å². The molecule has 0 aromatic carbocycles. The van der Waals surface area contributed by atoms with Crippen LogP contribution in [0.3, 0.4) is 0 Å². The first-order chi connectivity index (χ1) is 14.6. The van der Waals surface area contributed by atoms with E-state index >= 15 is 0 Å². The van der Waals surface area contributed by atoms with Gasteiger partial charge in [0.05, 0.1) is 18.2 Å². The van der Waals surface area contributed by atoms with Crippen molar-refractivity contribution in [2.75, 3.05) is 17.7 Å². The average Bonchev–Trinajstić information content (AvgIpc) is 3.31. The smallest absolute Gasteiger partial charge is 0.339 e. The predicted molar refractivity (Wildman–Crippen MR) is 114 cm³/mol. The number of pyridine rings is 2. The maximum absolute atomic E-state index is 12.0. The summed E-state index contributed by atoms with van der Waals surface area (Å²) in [5.74, 6) is 1.64. The van der Waals surface area contributed by atoms with Gasteiger partial charge in [-0.2, -0.15) is 5.10 Å². The maximum atomic E-state index is 12.0. The molecule has 30 heavy (non-hydrogen) atoms. The molecule has 0 radical (unpaired) electrons. The van der Waals surface area contributed by atoms with Crippen molar-refractivity contribution in [2.24, 2.45) is 0 Å². The lowest BCUT2D eigenvalue weighted by Gasteiger charge is -2.30. The number of H-pyrrole nitrogens is 1. The lowest BCUT2D eigenvalue weighted by molar-refractivity contribution is 0.0600. The zero-order valence-corrected chi connectivity index (χ0v) is 17.0. The number of ether oxygens (including phenoxy) is 1. The molecule has 3 aromatic heterocycles. The molecule has 9 nitrogen and oxygen atoms in total. The molecule has 156 valence electrons. The average molecular weight is 407 g/mol. The monoisotopic (exact) mass is 407 g/mol. The van der Waals surface area contributed by atoms with Crippen LogP contribution in [0.5, 0.6) is 0 Å². The molecule has 5 rings (SSSR count). The summed E-state index contributed by atoms with van der Waals surface area (Å²) in [5, 5.41) is 18.5. The van der Waals surface area contributed by atoms with Gasteiger partial charge >= 0.3 is 5.97 Å². The largest absolute Gasteiger partial charge is 0.465 e. The van der Waals surface area contributed by atoms with Gasteiger partial charge < -0.3 is 20.7 Å². The maximum Gasteiger partial charge on any atom is 0.339 e. The number of fused-ring (bicyclic) bond motifs is 3. The molecule has 0 amide bonds. The highest BCUT2D eigenvalue weighted by Crippen LogP contribution is 2.31. The van der Waals surface area contributed by atoms with Gasteiger partial charge in [0.2, 0.25) is 0 Å². The minimum absolute atomic E-state index is 0.323. The number of aryl methyl sites for hydroxylation is 1. The van der Waals surface area contributed by atoms with Gasteiger partial charge in [0, 0.05) is 47.5 Å². The Balaban J connectivity index is 1.52. The number of carbonyl (C=O) groups is 1. The third-order valence-electron chi connectivity index (χ3n) is 5.88. The van der Waals surface area contributed by atoms with Crippen LogP contribution in [0, 0.1) is 6.92 Å². The number of hydrogen-bond donors (Lipinski definition) is 4. The molecule has 0 saturated carbocycles. The number of carbonyl (C=O) groups excluding carboxylic acids is 1. The van der Waals surface area contributed by atoms with E-state index in [1.807, 2.05) is 19.1 Å². The summed E-state index contributed by atoms with van der Waals surface area (Å²) < 4.78 is 4.86. The molecule has 2 bridgehead atoms. The zero-order valence-electron chi connectivity index (χ0n) is 17.0. The molecule has 4 N–H and O–H groups in total. The molecule has 9 heteroatoms. The zero-order chi connectivity index (χ0) is 20.7. The number of piperidine rings is 1. The highest BCUT2D eigenvalue weighted by atomic mass is 16.5. The Hall–Kier alpha value is -3.20. The van der Waals surface area contributed by atoms with E-state index in [2.05, 4.69) is 31.1 Å². The van der Waals surface area contributed by atoms with E-state index in [4.69, 9.17) is 9.72 Å². The van der Waals surface area contributed by atoms with E-state index in [-0.39, 0.29) is 0 Å². The van der Waals surface area contributed by atoms with Gasteiger partial charge in [0.25, 0.3) is 0 Å². The van der Waals surface area contributed by atoms with E-state index in [9.17, 15) is 4.79 Å². The van der Waals surface area contributed by atoms with E-state index < -0.39 is 5.97 Å². The predicted octanol–water partition coefficient (Wildman–Crippen LogP) is 2.89. The minimum Gasteiger partial charge on any atom is -0.465 e. The van der Waals surface area contributed by atoms with Gasteiger partial charge in [-0.05, 0) is 38.7 Å². The van der Waals surface area contributed by atoms with Crippen molar-refractivity contribution in [1.29, 1.82) is 0 Å². The van der Waals surface area contributed by atoms with Gasteiger partial charge in [-0.25, -0.2) is 9.78 Å². The van der Waals surface area contributed by atoms with Crippen LogP contribution in [-0.2, 0) is 4.74 Å². The molecule has 2 aliphatic heterocycles. The second kappa shape index (κ2) is 7.56. The molecule has 5 heterocycles. The van der Waals surface area contributed by atoms with Crippen molar-refractivity contribution >= 4 is 34.3 Å². The van der Waals surface area contributed by atoms with E-state index in [0.29, 0.717) is 41.1 Å². The Morgan fingerprint density at radius 3 is 2.67 bits per heavy atom. The molecule has 3 aromatic rings. The van der Waals surface area contributed by atoms with Gasteiger partial charge in [-0.15, -0.1) is 0 Å². The fourth-order valence-electron chi connectivity index (χ4n) is 4.51. The molecule has 0 unspecified atom stereocenters. The normalized spacial score (nSPS) is 22.8. The van der Waals surface area contributed by atoms with Gasteiger partial charge in [-0.3, -0.25) is 10.1 Å². The Kier molecular flexibility index (Phi) is 4.74. The van der Waals surface area contributed by atoms with Crippen LogP contribution >= 0.6 is 0 Å². The minimum atomic E-state index is -0.413. The summed E-state index contributed by atoms with van der Waals surface area (Å²) in [5.41, 5.74) is 2.11. The molecule has 3 atom stereocenters. The third kappa shape index (κ3) is 3.68. The van der Waals surface area contributed by atoms with Gasteiger partial charge in [-0.1, -0.05) is 0 Å². The number of aromatic nitrogens is 4. The number of hydrogen-bond acceptors (Lipinski definition) is 8. The first-order valence-corrected chi connectivity index (χ1v) is 10.3. The van der Waals surface area contributed by atoms with Crippen LogP contribution in [0.1, 0.15) is 41.7 Å². The number of nitrogens with zero attached hydrogens (tertiary/aromatic N) is 3. The quantitative estimate of drug-likeness (QED) is 0.477. The second-order valence-electron chi connectivity index (χ2n) is 8.15. The second-order valence-corrected chi connectivity index (χ2v) is 8.15. The van der Waals surface area contributed by atoms with Crippen LogP contribution in [-0.4, -0.2) is 51.4 Å². The first-order valence-electron chi connectivity index (χ1n) is 10.3. The topological polar surface area (TPSA) is 117 Å². The summed E-state index contributed by atoms with van der Waals surface area (Å²) >= 11 is 0. The number of anilines is 3. The molecule has 0 aliphatic carbocycles. The van der Waals surface area contributed by atoms with E-state index in [1.54, 1.807) is 6.07 Å². The first kappa shape index (κ1) is 18.8. The van der Waals surface area contributed by atoms with Crippen LogP contribution in [0.4, 0.5) is 17.5 Å². The van der Waals surface area contributed by atoms with Crippen molar-refractivity contribution in [2.45, 2.75) is 50.7 Å². The highest BCUT2D eigenvalue weighted by molar-refractivity contribution is 5.98. The highest BCUT2D eigenvalue weighted by Gasteiger charge is 2.33. The Morgan fingerprint density at radius 1 is 1.17 bits per heavy atom. The third-order valence-corrected chi connectivity index (χ3v) is 5.88. The van der Waals surface area contributed by atoms with Crippen molar-refractivity contribution in [1.82, 2.24) is 25.5 Å². The lowest BCUT2D eigenvalue weighted by atomic mass is 9.99. The van der Waals surface area contributed by atoms with Crippen LogP contribution in [0.2, 0.25) is 0 Å². The van der Waals surface area contributed by atoms with Gasteiger partial charge in [0.1, 0.15) is 11.6 Å². The van der Waals surface area contributed by atoms with Crippen molar-refractivity contribution in [3.63, 3.8) is 0 Å². The number of aromatic amines is 1. The molecule has 2 saturated heterocycles. The molecule has 2 fully saturated rings. The summed E-state index contributed by atoms with van der Waals surface area (Å²) in [6.07, 6.45) is 6.10. The fraction of sp³-hybridized carbons (Fsp3) is 0.429. The van der Waals surface area contributed by atoms with Crippen LogP contribution in [0.15, 0.2) is 24.4 Å². The summed E-state index contributed by atoms with van der Waals surface area (Å²) in [4.78, 5) is 21.3. The van der Waals surface area contributed by atoms with E-state index in [0.717, 1.165) is 29.4 Å². The summed E-state index contributed by atoms with van der Waals surface area (Å²) in [6, 6.07) is 7.01. The Labute approximate surface area is 174 Å². The van der Waals surface area contributed by atoms with Crippen molar-refractivity contribution in [3.05, 3.63) is 35.7 Å². The molecule has 2 aliphatic rings. The molecular weight excluding hydrogens is 382 g/mol. The lowest BCUT2D eigenvalue weighted by Crippen LogP contribution is -2.43. The number of nitrogens with one attached hydrogen (secondary N) is 4. The number of methoxy groups -OCH3 is 1. The standard InChI is InChI=1S/C21H25N7O2/c1-11-5-19(28-27-11)25-18-9-17-16(6-12(10-22-17)21(29)30-2)20(26-18)24-15-7-13-3-4-14(8-15)23-13/h5-6,9-10,13-15,23H,3-4,7-8H2,1-2H3,(H3,24,25,26,27,28)/t13-,14+,15+. The van der Waals surface area contributed by atoms with Crippen molar-refractivity contribution < 1.29 is 9.53 Å². The van der Waals surface area contributed by atoms with Crippen LogP contribution in [0.25, 0.3) is 10.9 Å². The Morgan fingerprint density at radius 2 is 1.97 bits per heavy atom.